The molecule has 1 nitrogen and oxygen atoms in total. The number of aromatic nitrogens is 1. The summed E-state index contributed by atoms with van der Waals surface area (Å²) >= 11 is 0. The lowest BCUT2D eigenvalue weighted by Gasteiger charge is -2.03. The van der Waals surface area contributed by atoms with Crippen molar-refractivity contribution in [2.75, 3.05) is 0 Å². The van der Waals surface area contributed by atoms with Crippen LogP contribution in [0.3, 0.4) is 0 Å². The third-order valence-electron chi connectivity index (χ3n) is 2.06. The maximum absolute atomic E-state index is 3.48. The fourth-order valence-corrected chi connectivity index (χ4v) is 1.61. The molecule has 0 saturated carbocycles. The van der Waals surface area contributed by atoms with Gasteiger partial charge >= 0.3 is 0 Å². The van der Waals surface area contributed by atoms with E-state index >= 15 is 0 Å². The van der Waals surface area contributed by atoms with Crippen LogP contribution in [0.15, 0.2) is 12.1 Å². The summed E-state index contributed by atoms with van der Waals surface area (Å²) in [6, 6.07) is 4.44. The molecule has 1 N–H and O–H groups in total. The summed E-state index contributed by atoms with van der Waals surface area (Å²) in [6.07, 6.45) is 2.33. The van der Waals surface area contributed by atoms with Gasteiger partial charge in [0.05, 0.1) is 0 Å². The fourth-order valence-electron chi connectivity index (χ4n) is 1.61. The van der Waals surface area contributed by atoms with Crippen molar-refractivity contribution < 1.29 is 0 Å². The van der Waals surface area contributed by atoms with Crippen LogP contribution < -0.4 is 0 Å². The molecule has 1 heteroatoms. The van der Waals surface area contributed by atoms with E-state index in [2.05, 4.69) is 44.8 Å². The minimum absolute atomic E-state index is 0.741. The number of rotatable bonds is 4. The maximum atomic E-state index is 3.48. The summed E-state index contributed by atoms with van der Waals surface area (Å²) in [5.41, 5.74) is 2.76. The highest BCUT2D eigenvalue weighted by molar-refractivity contribution is 5.13. The molecule has 13 heavy (non-hydrogen) atoms. The Bertz CT molecular complexity index is 221. The second-order valence-corrected chi connectivity index (χ2v) is 4.70. The lowest BCUT2D eigenvalue weighted by Crippen LogP contribution is -1.97. The van der Waals surface area contributed by atoms with Gasteiger partial charge in [-0.3, -0.25) is 0 Å². The van der Waals surface area contributed by atoms with Crippen molar-refractivity contribution in [2.45, 2.75) is 40.5 Å². The van der Waals surface area contributed by atoms with E-state index < -0.39 is 0 Å². The Morgan fingerprint density at radius 1 is 0.923 bits per heavy atom. The molecule has 0 aliphatic heterocycles. The van der Waals surface area contributed by atoms with Crippen LogP contribution in [0.1, 0.15) is 39.1 Å². The van der Waals surface area contributed by atoms with Gasteiger partial charge in [0, 0.05) is 11.4 Å². The number of H-pyrrole nitrogens is 1. The van der Waals surface area contributed by atoms with Gasteiger partial charge in [0.2, 0.25) is 0 Å². The highest BCUT2D eigenvalue weighted by Gasteiger charge is 2.02. The molecule has 74 valence electrons. The molecule has 0 unspecified atom stereocenters. The molecule has 0 spiro atoms. The Hall–Kier alpha value is -0.720. The van der Waals surface area contributed by atoms with Crippen molar-refractivity contribution in [3.63, 3.8) is 0 Å². The molecule has 1 aromatic heterocycles. The molecule has 0 atom stereocenters. The lowest BCUT2D eigenvalue weighted by molar-refractivity contribution is 0.621. The van der Waals surface area contributed by atoms with E-state index in [-0.39, 0.29) is 0 Å². The predicted octanol–water partition coefficient (Wildman–Crippen LogP) is 3.41. The largest absolute Gasteiger partial charge is 0.362 e. The molecule has 0 amide bonds. The molecular formula is C12H21N. The summed E-state index contributed by atoms with van der Waals surface area (Å²) in [7, 11) is 0. The normalized spacial score (nSPS) is 11.5. The van der Waals surface area contributed by atoms with Crippen LogP contribution in [0.5, 0.6) is 0 Å². The highest BCUT2D eigenvalue weighted by atomic mass is 14.7. The standard InChI is InChI=1S/C12H21N/c1-9(2)7-11-5-6-12(13-11)8-10(3)4/h5-6,9-10,13H,7-8H2,1-4H3. The highest BCUT2D eigenvalue weighted by Crippen LogP contribution is 2.11. The maximum Gasteiger partial charge on any atom is 0.0151 e. The Balaban J connectivity index is 2.53. The molecule has 1 aromatic rings. The van der Waals surface area contributed by atoms with Gasteiger partial charge < -0.3 is 4.98 Å². The molecular weight excluding hydrogens is 158 g/mol. The zero-order valence-corrected chi connectivity index (χ0v) is 9.22. The second kappa shape index (κ2) is 4.50. The van der Waals surface area contributed by atoms with E-state index in [1.807, 2.05) is 0 Å². The van der Waals surface area contributed by atoms with Crippen molar-refractivity contribution >= 4 is 0 Å². The smallest absolute Gasteiger partial charge is 0.0151 e. The van der Waals surface area contributed by atoms with E-state index in [1.165, 1.54) is 11.4 Å². The molecule has 0 bridgehead atoms. The van der Waals surface area contributed by atoms with E-state index in [0.29, 0.717) is 0 Å². The van der Waals surface area contributed by atoms with E-state index in [4.69, 9.17) is 0 Å². The summed E-state index contributed by atoms with van der Waals surface area (Å²) in [5.74, 6) is 1.48. The van der Waals surface area contributed by atoms with Gasteiger partial charge in [-0.25, -0.2) is 0 Å². The van der Waals surface area contributed by atoms with Crippen molar-refractivity contribution in [1.29, 1.82) is 0 Å². The summed E-state index contributed by atoms with van der Waals surface area (Å²) < 4.78 is 0. The lowest BCUT2D eigenvalue weighted by atomic mass is 10.1. The quantitative estimate of drug-likeness (QED) is 0.729. The van der Waals surface area contributed by atoms with Crippen LogP contribution in [-0.2, 0) is 12.8 Å². The van der Waals surface area contributed by atoms with Crippen LogP contribution in [0.25, 0.3) is 0 Å². The molecule has 0 fully saturated rings. The van der Waals surface area contributed by atoms with E-state index in [9.17, 15) is 0 Å². The monoisotopic (exact) mass is 179 g/mol. The summed E-state index contributed by atoms with van der Waals surface area (Å²) in [4.78, 5) is 3.48. The topological polar surface area (TPSA) is 15.8 Å². The van der Waals surface area contributed by atoms with Crippen molar-refractivity contribution in [3.05, 3.63) is 23.5 Å². The average molecular weight is 179 g/mol. The average Bonchev–Trinajstić information content (AvgIpc) is 2.33. The first-order valence-corrected chi connectivity index (χ1v) is 5.24. The van der Waals surface area contributed by atoms with E-state index in [0.717, 1.165) is 24.7 Å². The van der Waals surface area contributed by atoms with Gasteiger partial charge in [-0.2, -0.15) is 0 Å². The predicted molar refractivity (Wildman–Crippen MR) is 57.9 cm³/mol. The van der Waals surface area contributed by atoms with Gasteiger partial charge in [-0.15, -0.1) is 0 Å². The van der Waals surface area contributed by atoms with Crippen LogP contribution in [0.4, 0.5) is 0 Å². The molecule has 0 radical (unpaired) electrons. The molecule has 1 heterocycles. The van der Waals surface area contributed by atoms with Gasteiger partial charge in [0.25, 0.3) is 0 Å². The Labute approximate surface area is 81.6 Å². The minimum atomic E-state index is 0.741. The van der Waals surface area contributed by atoms with Gasteiger partial charge in [0.15, 0.2) is 0 Å². The summed E-state index contributed by atoms with van der Waals surface area (Å²) in [6.45, 7) is 9.01. The number of aromatic amines is 1. The third-order valence-corrected chi connectivity index (χ3v) is 2.06. The van der Waals surface area contributed by atoms with Crippen LogP contribution in [0, 0.1) is 11.8 Å². The van der Waals surface area contributed by atoms with Gasteiger partial charge in [0.1, 0.15) is 0 Å². The second-order valence-electron chi connectivity index (χ2n) is 4.70. The first-order valence-electron chi connectivity index (χ1n) is 5.24. The zero-order valence-electron chi connectivity index (χ0n) is 9.22. The molecule has 0 aromatic carbocycles. The van der Waals surface area contributed by atoms with Crippen LogP contribution in [-0.4, -0.2) is 4.98 Å². The number of hydrogen-bond acceptors (Lipinski definition) is 0. The first-order chi connectivity index (χ1) is 6.08. The first kappa shape index (κ1) is 10.4. The van der Waals surface area contributed by atoms with E-state index in [1.54, 1.807) is 0 Å². The van der Waals surface area contributed by atoms with Crippen LogP contribution >= 0.6 is 0 Å². The molecule has 0 aliphatic rings. The Morgan fingerprint density at radius 3 is 1.62 bits per heavy atom. The minimum Gasteiger partial charge on any atom is -0.362 e. The molecule has 0 saturated heterocycles. The van der Waals surface area contributed by atoms with Crippen LogP contribution in [0.2, 0.25) is 0 Å². The Kier molecular flexibility index (Phi) is 3.58. The third kappa shape index (κ3) is 3.67. The fraction of sp³-hybridized carbons (Fsp3) is 0.667. The Morgan fingerprint density at radius 2 is 1.31 bits per heavy atom. The molecule has 1 rings (SSSR count). The van der Waals surface area contributed by atoms with Crippen molar-refractivity contribution in [1.82, 2.24) is 4.98 Å². The van der Waals surface area contributed by atoms with Gasteiger partial charge in [-0.1, -0.05) is 27.7 Å². The summed E-state index contributed by atoms with van der Waals surface area (Å²) in [5, 5.41) is 0. The van der Waals surface area contributed by atoms with Gasteiger partial charge in [-0.05, 0) is 36.8 Å². The SMILES string of the molecule is CC(C)Cc1ccc(CC(C)C)[nH]1. The number of nitrogens with one attached hydrogen (secondary N) is 1. The number of hydrogen-bond donors (Lipinski definition) is 1. The molecule has 0 aliphatic carbocycles. The van der Waals surface area contributed by atoms with Crippen molar-refractivity contribution in [2.24, 2.45) is 11.8 Å². The van der Waals surface area contributed by atoms with Crippen molar-refractivity contribution in [3.8, 4) is 0 Å². The zero-order chi connectivity index (χ0) is 9.84.